The Balaban J connectivity index is 2.48. The van der Waals surface area contributed by atoms with E-state index >= 15 is 0 Å². The van der Waals surface area contributed by atoms with Crippen LogP contribution in [0.5, 0.6) is 0 Å². The summed E-state index contributed by atoms with van der Waals surface area (Å²) in [6.45, 7) is 4.05. The second kappa shape index (κ2) is 5.54. The average Bonchev–Trinajstić information content (AvgIpc) is 2.54. The number of aryl methyl sites for hydroxylation is 1. The van der Waals surface area contributed by atoms with Gasteiger partial charge in [0.15, 0.2) is 0 Å². The molecular formula is C10H17N3. The van der Waals surface area contributed by atoms with Crippen molar-refractivity contribution in [2.45, 2.75) is 19.9 Å². The second-order valence-corrected chi connectivity index (χ2v) is 3.00. The summed E-state index contributed by atoms with van der Waals surface area (Å²) in [6.07, 6.45) is 9.25. The van der Waals surface area contributed by atoms with Crippen molar-refractivity contribution < 1.29 is 0 Å². The standard InChI is InChI=1S/C10H17N3/c1-3-7-13-9-10(8-12-13)5-4-6-11-2/h4-5,8-9,11H,3,6-7H2,1-2H3. The van der Waals surface area contributed by atoms with Gasteiger partial charge in [-0.05, 0) is 13.5 Å². The second-order valence-electron chi connectivity index (χ2n) is 3.00. The van der Waals surface area contributed by atoms with Gasteiger partial charge in [-0.3, -0.25) is 4.68 Å². The van der Waals surface area contributed by atoms with Gasteiger partial charge < -0.3 is 5.32 Å². The minimum absolute atomic E-state index is 0.902. The molecule has 3 heteroatoms. The molecule has 72 valence electrons. The first kappa shape index (κ1) is 9.99. The summed E-state index contributed by atoms with van der Waals surface area (Å²) in [5, 5.41) is 7.29. The molecule has 0 saturated carbocycles. The van der Waals surface area contributed by atoms with Crippen molar-refractivity contribution in [2.75, 3.05) is 13.6 Å². The van der Waals surface area contributed by atoms with Gasteiger partial charge >= 0.3 is 0 Å². The molecule has 3 nitrogen and oxygen atoms in total. The maximum atomic E-state index is 4.23. The molecule has 0 unspecified atom stereocenters. The molecule has 1 aromatic heterocycles. The van der Waals surface area contributed by atoms with Crippen LogP contribution in [0.15, 0.2) is 18.5 Å². The SMILES string of the molecule is CCCn1cc(C=CCNC)cn1. The number of nitrogens with zero attached hydrogens (tertiary/aromatic N) is 2. The maximum absolute atomic E-state index is 4.23. The monoisotopic (exact) mass is 179 g/mol. The van der Waals surface area contributed by atoms with E-state index in [9.17, 15) is 0 Å². The summed E-state index contributed by atoms with van der Waals surface area (Å²) in [5.41, 5.74) is 1.17. The normalized spacial score (nSPS) is 11.2. The van der Waals surface area contributed by atoms with Gasteiger partial charge in [0, 0.05) is 24.8 Å². The van der Waals surface area contributed by atoms with Crippen LogP contribution in [0.1, 0.15) is 18.9 Å². The van der Waals surface area contributed by atoms with E-state index in [1.54, 1.807) is 0 Å². The minimum atomic E-state index is 0.902. The van der Waals surface area contributed by atoms with E-state index in [1.807, 2.05) is 17.9 Å². The molecule has 0 aliphatic rings. The van der Waals surface area contributed by atoms with Crippen LogP contribution in [0.4, 0.5) is 0 Å². The molecule has 0 aliphatic heterocycles. The highest BCUT2D eigenvalue weighted by Gasteiger charge is 1.92. The molecular weight excluding hydrogens is 162 g/mol. The largest absolute Gasteiger partial charge is 0.316 e. The molecule has 13 heavy (non-hydrogen) atoms. The van der Waals surface area contributed by atoms with Gasteiger partial charge in [0.25, 0.3) is 0 Å². The Bertz CT molecular complexity index is 263. The predicted octanol–water partition coefficient (Wildman–Crippen LogP) is 1.53. The van der Waals surface area contributed by atoms with Crippen LogP contribution in [-0.4, -0.2) is 23.4 Å². The average molecular weight is 179 g/mol. The fourth-order valence-corrected chi connectivity index (χ4v) is 1.13. The van der Waals surface area contributed by atoms with E-state index in [1.165, 1.54) is 5.56 Å². The number of hydrogen-bond acceptors (Lipinski definition) is 2. The Morgan fingerprint density at radius 3 is 3.15 bits per heavy atom. The molecule has 1 rings (SSSR count). The predicted molar refractivity (Wildman–Crippen MR) is 55.5 cm³/mol. The summed E-state index contributed by atoms with van der Waals surface area (Å²) in [5.74, 6) is 0. The maximum Gasteiger partial charge on any atom is 0.0562 e. The van der Waals surface area contributed by atoms with Gasteiger partial charge in [0.1, 0.15) is 0 Å². The minimum Gasteiger partial charge on any atom is -0.316 e. The summed E-state index contributed by atoms with van der Waals surface area (Å²) < 4.78 is 1.97. The van der Waals surface area contributed by atoms with Crippen LogP contribution < -0.4 is 5.32 Å². The lowest BCUT2D eigenvalue weighted by Gasteiger charge is -1.93. The summed E-state index contributed by atoms with van der Waals surface area (Å²) >= 11 is 0. The third-order valence-electron chi connectivity index (χ3n) is 1.74. The van der Waals surface area contributed by atoms with Crippen molar-refractivity contribution in [1.29, 1.82) is 0 Å². The van der Waals surface area contributed by atoms with E-state index in [4.69, 9.17) is 0 Å². The lowest BCUT2D eigenvalue weighted by molar-refractivity contribution is 0.602. The quantitative estimate of drug-likeness (QED) is 0.742. The number of hydrogen-bond donors (Lipinski definition) is 1. The number of rotatable bonds is 5. The van der Waals surface area contributed by atoms with Crippen molar-refractivity contribution in [1.82, 2.24) is 15.1 Å². The number of nitrogens with one attached hydrogen (secondary N) is 1. The lowest BCUT2D eigenvalue weighted by atomic mass is 10.3. The third kappa shape index (κ3) is 3.42. The Morgan fingerprint density at radius 2 is 2.46 bits per heavy atom. The third-order valence-corrected chi connectivity index (χ3v) is 1.74. The molecule has 1 N–H and O–H groups in total. The summed E-state index contributed by atoms with van der Waals surface area (Å²) in [4.78, 5) is 0. The van der Waals surface area contributed by atoms with Crippen LogP contribution in [0.3, 0.4) is 0 Å². The lowest BCUT2D eigenvalue weighted by Crippen LogP contribution is -2.03. The van der Waals surface area contributed by atoms with Gasteiger partial charge in [-0.1, -0.05) is 19.1 Å². The van der Waals surface area contributed by atoms with Crippen LogP contribution in [0.2, 0.25) is 0 Å². The Kier molecular flexibility index (Phi) is 4.26. The van der Waals surface area contributed by atoms with Gasteiger partial charge in [0.05, 0.1) is 6.20 Å². The fourth-order valence-electron chi connectivity index (χ4n) is 1.13. The van der Waals surface area contributed by atoms with Crippen molar-refractivity contribution in [2.24, 2.45) is 0 Å². The van der Waals surface area contributed by atoms with Crippen molar-refractivity contribution in [3.63, 3.8) is 0 Å². The summed E-state index contributed by atoms with van der Waals surface area (Å²) in [7, 11) is 1.94. The zero-order valence-electron chi connectivity index (χ0n) is 8.33. The van der Waals surface area contributed by atoms with Crippen molar-refractivity contribution in [3.05, 3.63) is 24.0 Å². The highest BCUT2D eigenvalue weighted by molar-refractivity contribution is 5.46. The van der Waals surface area contributed by atoms with Crippen LogP contribution >= 0.6 is 0 Å². The van der Waals surface area contributed by atoms with Crippen LogP contribution in [0, 0.1) is 0 Å². The first-order valence-corrected chi connectivity index (χ1v) is 4.70. The smallest absolute Gasteiger partial charge is 0.0562 e. The van der Waals surface area contributed by atoms with Crippen molar-refractivity contribution >= 4 is 6.08 Å². The summed E-state index contributed by atoms with van der Waals surface area (Å²) in [6, 6.07) is 0. The zero-order valence-corrected chi connectivity index (χ0v) is 8.33. The van der Waals surface area contributed by atoms with Crippen LogP contribution in [0.25, 0.3) is 6.08 Å². The Morgan fingerprint density at radius 1 is 1.62 bits per heavy atom. The van der Waals surface area contributed by atoms with Gasteiger partial charge in [-0.25, -0.2) is 0 Å². The highest BCUT2D eigenvalue weighted by Crippen LogP contribution is 2.00. The molecule has 0 aromatic carbocycles. The van der Waals surface area contributed by atoms with Crippen molar-refractivity contribution in [3.8, 4) is 0 Å². The van der Waals surface area contributed by atoms with E-state index in [2.05, 4.69) is 35.7 Å². The Hall–Kier alpha value is -1.09. The first-order chi connectivity index (χ1) is 6.36. The first-order valence-electron chi connectivity index (χ1n) is 4.70. The van der Waals surface area contributed by atoms with Gasteiger partial charge in [-0.15, -0.1) is 0 Å². The zero-order chi connectivity index (χ0) is 9.52. The molecule has 0 radical (unpaired) electrons. The molecule has 0 bridgehead atoms. The van der Waals surface area contributed by atoms with Gasteiger partial charge in [-0.2, -0.15) is 5.10 Å². The van der Waals surface area contributed by atoms with E-state index in [0.29, 0.717) is 0 Å². The van der Waals surface area contributed by atoms with Gasteiger partial charge in [0.2, 0.25) is 0 Å². The van der Waals surface area contributed by atoms with E-state index < -0.39 is 0 Å². The highest BCUT2D eigenvalue weighted by atomic mass is 15.3. The molecule has 0 spiro atoms. The molecule has 0 amide bonds. The van der Waals surface area contributed by atoms with Crippen LogP contribution in [-0.2, 0) is 6.54 Å². The molecule has 1 heterocycles. The molecule has 0 atom stereocenters. The molecule has 0 saturated heterocycles. The molecule has 0 aliphatic carbocycles. The fraction of sp³-hybridized carbons (Fsp3) is 0.500. The Labute approximate surface area is 79.5 Å². The van der Waals surface area contributed by atoms with E-state index in [0.717, 1.165) is 19.5 Å². The molecule has 0 fully saturated rings. The molecule has 1 aromatic rings. The number of aromatic nitrogens is 2. The number of likely N-dealkylation sites (N-methyl/N-ethyl adjacent to an activating group) is 1. The topological polar surface area (TPSA) is 29.9 Å². The van der Waals surface area contributed by atoms with E-state index in [-0.39, 0.29) is 0 Å².